The van der Waals surface area contributed by atoms with Crippen LogP contribution in [-0.4, -0.2) is 96.7 Å². The lowest BCUT2D eigenvalue weighted by molar-refractivity contribution is -0.161. The van der Waals surface area contributed by atoms with Crippen LogP contribution < -0.4 is 0 Å². The first-order valence-electron chi connectivity index (χ1n) is 45.5. The third kappa shape index (κ3) is 81.9. The van der Waals surface area contributed by atoms with E-state index in [1.54, 1.807) is 0 Å². The number of aliphatic hydroxyl groups excluding tert-OH is 1. The van der Waals surface area contributed by atoms with Gasteiger partial charge in [0.1, 0.15) is 19.3 Å². The van der Waals surface area contributed by atoms with Crippen molar-refractivity contribution in [1.82, 2.24) is 0 Å². The molecule has 0 aliphatic heterocycles. The Balaban J connectivity index is 5.19. The molecule has 0 fully saturated rings. The van der Waals surface area contributed by atoms with Crippen LogP contribution in [0.5, 0.6) is 0 Å². The van der Waals surface area contributed by atoms with Gasteiger partial charge in [-0.05, 0) is 37.5 Å². The highest BCUT2D eigenvalue weighted by atomic mass is 31.2. The van der Waals surface area contributed by atoms with E-state index in [0.29, 0.717) is 31.6 Å². The van der Waals surface area contributed by atoms with Crippen molar-refractivity contribution in [3.8, 4) is 0 Å². The van der Waals surface area contributed by atoms with Gasteiger partial charge >= 0.3 is 39.5 Å². The van der Waals surface area contributed by atoms with Crippen molar-refractivity contribution < 1.29 is 80.2 Å². The molecule has 0 aliphatic carbocycles. The lowest BCUT2D eigenvalue weighted by Crippen LogP contribution is -2.30. The molecule has 636 valence electrons. The van der Waals surface area contributed by atoms with Crippen LogP contribution in [-0.2, 0) is 65.4 Å². The molecule has 17 nitrogen and oxygen atoms in total. The number of unbranched alkanes of at least 4 members (excludes halogenated alkanes) is 57. The molecule has 19 heteroatoms. The van der Waals surface area contributed by atoms with Gasteiger partial charge in [-0.3, -0.25) is 37.3 Å². The minimum atomic E-state index is -4.97. The maximum atomic E-state index is 13.2. The van der Waals surface area contributed by atoms with Crippen molar-refractivity contribution in [3.05, 3.63) is 0 Å². The fourth-order valence-electron chi connectivity index (χ4n) is 13.8. The minimum absolute atomic E-state index is 0.106. The highest BCUT2D eigenvalue weighted by Gasteiger charge is 2.30. The Morgan fingerprint density at radius 3 is 0.636 bits per heavy atom. The molecule has 0 saturated heterocycles. The molecule has 0 spiro atoms. The first-order valence-corrected chi connectivity index (χ1v) is 48.5. The number of hydrogen-bond acceptors (Lipinski definition) is 15. The maximum absolute atomic E-state index is 13.2. The van der Waals surface area contributed by atoms with E-state index in [0.717, 1.165) is 102 Å². The molecule has 0 saturated carbocycles. The summed E-state index contributed by atoms with van der Waals surface area (Å²) < 4.78 is 68.9. The molecular formula is C88H172O17P2. The Labute approximate surface area is 658 Å². The summed E-state index contributed by atoms with van der Waals surface area (Å²) in [6.45, 7) is 9.60. The quantitative estimate of drug-likeness (QED) is 0.0222. The van der Waals surface area contributed by atoms with Crippen LogP contribution in [0.15, 0.2) is 0 Å². The number of phosphoric acid groups is 2. The van der Waals surface area contributed by atoms with Gasteiger partial charge in [-0.25, -0.2) is 9.13 Å². The largest absolute Gasteiger partial charge is 0.472 e. The summed E-state index contributed by atoms with van der Waals surface area (Å²) >= 11 is 0. The first-order chi connectivity index (χ1) is 51.9. The summed E-state index contributed by atoms with van der Waals surface area (Å²) in [6, 6.07) is 0. The van der Waals surface area contributed by atoms with E-state index in [1.165, 1.54) is 283 Å². The Kier molecular flexibility index (Phi) is 77.9. The van der Waals surface area contributed by atoms with Crippen molar-refractivity contribution >= 4 is 39.5 Å². The second-order valence-electron chi connectivity index (χ2n) is 32.6. The molecule has 0 aromatic heterocycles. The zero-order valence-electron chi connectivity index (χ0n) is 70.5. The molecule has 0 radical (unpaired) electrons. The first kappa shape index (κ1) is 105. The molecule has 0 aromatic carbocycles. The molecule has 5 atom stereocenters. The normalized spacial score (nSPS) is 13.8. The topological polar surface area (TPSA) is 237 Å². The Morgan fingerprint density at radius 1 is 0.252 bits per heavy atom. The molecular weight excluding hydrogens is 1390 g/mol. The zero-order valence-corrected chi connectivity index (χ0v) is 72.2. The molecule has 0 heterocycles. The predicted molar refractivity (Wildman–Crippen MR) is 442 cm³/mol. The minimum Gasteiger partial charge on any atom is -0.462 e. The second-order valence-corrected chi connectivity index (χ2v) is 35.5. The van der Waals surface area contributed by atoms with Gasteiger partial charge in [0.25, 0.3) is 0 Å². The number of carbonyl (C=O) groups is 4. The summed E-state index contributed by atoms with van der Waals surface area (Å²) in [5.41, 5.74) is 0. The zero-order chi connectivity index (χ0) is 78.5. The van der Waals surface area contributed by atoms with Gasteiger partial charge in [0.05, 0.1) is 26.4 Å². The fourth-order valence-corrected chi connectivity index (χ4v) is 15.4. The Hall–Kier alpha value is -1.94. The maximum Gasteiger partial charge on any atom is 0.472 e. The van der Waals surface area contributed by atoms with Gasteiger partial charge in [-0.1, -0.05) is 420 Å². The average Bonchev–Trinajstić information content (AvgIpc) is 0.902. The van der Waals surface area contributed by atoms with Gasteiger partial charge in [0.15, 0.2) is 12.2 Å². The predicted octanol–water partition coefficient (Wildman–Crippen LogP) is 27.0. The summed E-state index contributed by atoms with van der Waals surface area (Å²) in [4.78, 5) is 73.2. The molecule has 0 aliphatic rings. The third-order valence-electron chi connectivity index (χ3n) is 20.7. The summed E-state index contributed by atoms with van der Waals surface area (Å²) in [7, 11) is -9.93. The number of esters is 4. The third-order valence-corrected chi connectivity index (χ3v) is 22.6. The SMILES string of the molecule is CCCCCCCCCCCCCCCCCCCCCCCCC(=O)OC[C@H](COP(=O)(O)OC[C@@H](O)COP(=O)(O)OC[C@@H](COC(=O)CCCCCCCCCC(C)C)OC(=O)CCCCCCCCCCCCC(C)C)OC(=O)CCCCCCCCCCCCCCCCCCCCCCCC. The molecule has 2 unspecified atom stereocenters. The summed E-state index contributed by atoms with van der Waals surface area (Å²) in [5.74, 6) is -0.648. The van der Waals surface area contributed by atoms with E-state index in [-0.39, 0.29) is 25.7 Å². The van der Waals surface area contributed by atoms with Crippen LogP contribution in [0.1, 0.15) is 472 Å². The molecule has 3 N–H and O–H groups in total. The van der Waals surface area contributed by atoms with Crippen LogP contribution in [0, 0.1) is 11.8 Å². The van der Waals surface area contributed by atoms with Gasteiger partial charge in [-0.2, -0.15) is 0 Å². The monoisotopic (exact) mass is 1560 g/mol. The molecule has 0 aromatic rings. The molecule has 0 amide bonds. The van der Waals surface area contributed by atoms with Crippen molar-refractivity contribution in [2.45, 2.75) is 490 Å². The Bertz CT molecular complexity index is 2050. The fraction of sp³-hybridized carbons (Fsp3) is 0.955. The van der Waals surface area contributed by atoms with Crippen molar-refractivity contribution in [3.63, 3.8) is 0 Å². The average molecular weight is 1560 g/mol. The lowest BCUT2D eigenvalue weighted by atomic mass is 10.0. The standard InChI is InChI=1S/C88H172O17P2/c1-7-9-11-13-15-17-19-21-23-25-27-29-31-33-35-37-39-41-46-52-58-64-70-85(90)98-76-83(104-87(92)72-66-60-53-47-42-40-38-36-34-32-30-28-26-24-22-20-18-16-14-12-10-8-2)78-102-106(94,95)100-74-82(89)75-101-107(96,97)103-79-84(77-99-86(91)71-65-59-55-49-51-57-63-69-81(5)6)105-88(93)73-67-61-54-48-44-43-45-50-56-62-68-80(3)4/h80-84,89H,7-79H2,1-6H3,(H,94,95)(H,96,97)/t82-,83-,84-/m1/s1. The van der Waals surface area contributed by atoms with Gasteiger partial charge in [0, 0.05) is 25.7 Å². The summed E-state index contributed by atoms with van der Waals surface area (Å²) in [5, 5.41) is 10.7. The van der Waals surface area contributed by atoms with Crippen LogP contribution in [0.4, 0.5) is 0 Å². The van der Waals surface area contributed by atoms with Crippen LogP contribution in [0.25, 0.3) is 0 Å². The van der Waals surface area contributed by atoms with E-state index in [4.69, 9.17) is 37.0 Å². The van der Waals surface area contributed by atoms with E-state index in [1.807, 2.05) is 0 Å². The van der Waals surface area contributed by atoms with Gasteiger partial charge in [0.2, 0.25) is 0 Å². The van der Waals surface area contributed by atoms with Gasteiger partial charge < -0.3 is 33.8 Å². The molecule has 0 bridgehead atoms. The van der Waals surface area contributed by atoms with Crippen LogP contribution in [0.3, 0.4) is 0 Å². The van der Waals surface area contributed by atoms with E-state index in [2.05, 4.69) is 41.5 Å². The van der Waals surface area contributed by atoms with E-state index in [9.17, 15) is 43.2 Å². The molecule has 107 heavy (non-hydrogen) atoms. The molecule has 0 rings (SSSR count). The highest BCUT2D eigenvalue weighted by molar-refractivity contribution is 7.47. The lowest BCUT2D eigenvalue weighted by Gasteiger charge is -2.21. The van der Waals surface area contributed by atoms with Gasteiger partial charge in [-0.15, -0.1) is 0 Å². The number of carbonyl (C=O) groups excluding carboxylic acids is 4. The number of rotatable bonds is 87. The number of ether oxygens (including phenoxy) is 4. The van der Waals surface area contributed by atoms with E-state index < -0.39 is 97.5 Å². The van der Waals surface area contributed by atoms with Crippen molar-refractivity contribution in [2.24, 2.45) is 11.8 Å². The number of hydrogen-bond donors (Lipinski definition) is 3. The number of aliphatic hydroxyl groups is 1. The van der Waals surface area contributed by atoms with Crippen molar-refractivity contribution in [2.75, 3.05) is 39.6 Å². The Morgan fingerprint density at radius 2 is 0.430 bits per heavy atom. The summed E-state index contributed by atoms with van der Waals surface area (Å²) in [6.07, 6.45) is 72.7. The van der Waals surface area contributed by atoms with Crippen LogP contribution >= 0.6 is 15.6 Å². The number of phosphoric ester groups is 2. The van der Waals surface area contributed by atoms with Crippen molar-refractivity contribution in [1.29, 1.82) is 0 Å². The van der Waals surface area contributed by atoms with E-state index >= 15 is 0 Å². The second kappa shape index (κ2) is 79.3. The van der Waals surface area contributed by atoms with Crippen LogP contribution in [0.2, 0.25) is 0 Å². The highest BCUT2D eigenvalue weighted by Crippen LogP contribution is 2.45. The smallest absolute Gasteiger partial charge is 0.462 e.